The lowest BCUT2D eigenvalue weighted by molar-refractivity contribution is 0.986. The third-order valence-electron chi connectivity index (χ3n) is 3.28. The van der Waals surface area contributed by atoms with E-state index >= 15 is 0 Å². The molecular weight excluding hydrogens is 216 g/mol. The van der Waals surface area contributed by atoms with Gasteiger partial charge in [-0.05, 0) is 18.6 Å². The summed E-state index contributed by atoms with van der Waals surface area (Å²) in [6, 6.07) is 4.25. The van der Waals surface area contributed by atoms with Crippen LogP contribution in [0.5, 0.6) is 0 Å². The summed E-state index contributed by atoms with van der Waals surface area (Å²) in [5.41, 5.74) is 3.76. The number of hydrogen-bond donors (Lipinski definition) is 0. The van der Waals surface area contributed by atoms with Gasteiger partial charge in [0.05, 0.1) is 16.7 Å². The molecule has 0 aromatic heterocycles. The van der Waals surface area contributed by atoms with Crippen LogP contribution >= 0.6 is 11.8 Å². The van der Waals surface area contributed by atoms with E-state index in [4.69, 9.17) is 4.99 Å². The van der Waals surface area contributed by atoms with E-state index in [1.54, 1.807) is 0 Å². The maximum Gasteiger partial charge on any atom is 0.0759 e. The van der Waals surface area contributed by atoms with Crippen LogP contribution < -0.4 is 10.6 Å². The molecule has 0 aliphatic carbocycles. The fourth-order valence-electron chi connectivity index (χ4n) is 2.47. The van der Waals surface area contributed by atoms with Gasteiger partial charge in [-0.2, -0.15) is 0 Å². The Hall–Kier alpha value is -1.35. The molecule has 0 bridgehead atoms. The Morgan fingerprint density at radius 1 is 1.25 bits per heavy atom. The largest absolute Gasteiger partial charge is 0.256 e. The van der Waals surface area contributed by atoms with Crippen molar-refractivity contribution < 1.29 is 0 Å². The summed E-state index contributed by atoms with van der Waals surface area (Å²) >= 11 is 1.96. The summed E-state index contributed by atoms with van der Waals surface area (Å²) in [6.45, 7) is 0. The first-order valence-electron chi connectivity index (χ1n) is 5.52. The summed E-state index contributed by atoms with van der Waals surface area (Å²) in [7, 11) is 0. The molecule has 0 N–H and O–H groups in total. The molecule has 3 aliphatic rings. The number of benzene rings is 1. The maximum atomic E-state index is 4.76. The standard InChI is InChI=1S/C13H10N2S/c1-2-10-9(13-8(1)3-5-14-13)7-12-11(15-10)4-6-16-12/h1-3,5H,4,6-7H2. The number of fused-ring (bicyclic) bond motifs is 3. The van der Waals surface area contributed by atoms with E-state index in [0.29, 0.717) is 0 Å². The molecule has 0 saturated heterocycles. The average Bonchev–Trinajstić information content (AvgIpc) is 2.94. The second kappa shape index (κ2) is 3.08. The molecule has 3 heteroatoms. The predicted molar refractivity (Wildman–Crippen MR) is 67.6 cm³/mol. The van der Waals surface area contributed by atoms with E-state index < -0.39 is 0 Å². The summed E-state index contributed by atoms with van der Waals surface area (Å²) in [4.78, 5) is 10.7. The fourth-order valence-corrected chi connectivity index (χ4v) is 3.58. The number of allylic oxidation sites excluding steroid dienone is 2. The smallest absolute Gasteiger partial charge is 0.0759 e. The van der Waals surface area contributed by atoms with Crippen molar-refractivity contribution in [2.24, 2.45) is 9.98 Å². The first-order valence-corrected chi connectivity index (χ1v) is 6.50. The van der Waals surface area contributed by atoms with Crippen LogP contribution in [0.15, 0.2) is 32.7 Å². The number of rotatable bonds is 0. The van der Waals surface area contributed by atoms with E-state index in [2.05, 4.69) is 23.2 Å². The van der Waals surface area contributed by atoms with Crippen molar-refractivity contribution in [3.05, 3.63) is 38.9 Å². The summed E-state index contributed by atoms with van der Waals surface area (Å²) < 4.78 is 0. The first kappa shape index (κ1) is 8.76. The topological polar surface area (TPSA) is 24.7 Å². The molecule has 0 atom stereocenters. The lowest BCUT2D eigenvalue weighted by Crippen LogP contribution is -2.18. The van der Waals surface area contributed by atoms with E-state index in [-0.39, 0.29) is 0 Å². The van der Waals surface area contributed by atoms with Gasteiger partial charge in [0.25, 0.3) is 0 Å². The molecule has 16 heavy (non-hydrogen) atoms. The minimum atomic E-state index is 1.03. The van der Waals surface area contributed by atoms with Gasteiger partial charge in [-0.25, -0.2) is 0 Å². The van der Waals surface area contributed by atoms with Crippen LogP contribution in [0.25, 0.3) is 6.08 Å². The summed E-state index contributed by atoms with van der Waals surface area (Å²) in [6.07, 6.45) is 6.12. The monoisotopic (exact) mass is 226 g/mol. The van der Waals surface area contributed by atoms with Crippen LogP contribution in [-0.4, -0.2) is 12.0 Å². The van der Waals surface area contributed by atoms with Gasteiger partial charge in [-0.1, -0.05) is 6.07 Å². The second-order valence-electron chi connectivity index (χ2n) is 4.20. The zero-order valence-electron chi connectivity index (χ0n) is 8.73. The third kappa shape index (κ3) is 1.09. The first-order chi connectivity index (χ1) is 7.92. The Kier molecular flexibility index (Phi) is 1.68. The van der Waals surface area contributed by atoms with Gasteiger partial charge < -0.3 is 0 Å². The molecule has 0 radical (unpaired) electrons. The van der Waals surface area contributed by atoms with Crippen LogP contribution in [0, 0.1) is 0 Å². The van der Waals surface area contributed by atoms with Gasteiger partial charge in [-0.15, -0.1) is 11.8 Å². The molecule has 0 spiro atoms. The Morgan fingerprint density at radius 3 is 3.25 bits per heavy atom. The normalized spacial score (nSPS) is 20.0. The van der Waals surface area contributed by atoms with Crippen molar-refractivity contribution in [2.45, 2.75) is 12.8 Å². The molecule has 2 nitrogen and oxygen atoms in total. The van der Waals surface area contributed by atoms with Crippen molar-refractivity contribution in [3.8, 4) is 0 Å². The van der Waals surface area contributed by atoms with E-state index in [0.717, 1.165) is 23.9 Å². The molecule has 3 heterocycles. The molecule has 1 aromatic carbocycles. The molecule has 78 valence electrons. The average molecular weight is 226 g/mol. The van der Waals surface area contributed by atoms with Gasteiger partial charge in [0.2, 0.25) is 0 Å². The lowest BCUT2D eigenvalue weighted by Gasteiger charge is -2.12. The Balaban J connectivity index is 2.03. The van der Waals surface area contributed by atoms with E-state index in [1.807, 2.05) is 18.0 Å². The zero-order valence-corrected chi connectivity index (χ0v) is 9.55. The van der Waals surface area contributed by atoms with Crippen molar-refractivity contribution in [1.29, 1.82) is 0 Å². The number of hydrogen-bond acceptors (Lipinski definition) is 3. The molecule has 4 rings (SSSR count). The van der Waals surface area contributed by atoms with Gasteiger partial charge >= 0.3 is 0 Å². The van der Waals surface area contributed by atoms with Crippen molar-refractivity contribution in [3.63, 3.8) is 0 Å². The fraction of sp³-hybridized carbons (Fsp3) is 0.231. The van der Waals surface area contributed by atoms with Crippen molar-refractivity contribution >= 4 is 29.7 Å². The number of nitrogens with zero attached hydrogens (tertiary/aromatic N) is 2. The minimum absolute atomic E-state index is 1.03. The minimum Gasteiger partial charge on any atom is -0.256 e. The molecule has 0 amide bonds. The highest BCUT2D eigenvalue weighted by molar-refractivity contribution is 8.03. The Labute approximate surface area is 97.5 Å². The summed E-state index contributed by atoms with van der Waals surface area (Å²) in [5.74, 6) is 1.19. The third-order valence-corrected chi connectivity index (χ3v) is 4.41. The van der Waals surface area contributed by atoms with Crippen LogP contribution in [0.2, 0.25) is 0 Å². The number of thioether (sulfide) groups is 1. The molecule has 0 unspecified atom stereocenters. The van der Waals surface area contributed by atoms with Crippen LogP contribution in [0.3, 0.4) is 0 Å². The predicted octanol–water partition coefficient (Wildman–Crippen LogP) is 1.71. The maximum absolute atomic E-state index is 4.76. The lowest BCUT2D eigenvalue weighted by atomic mass is 10.0. The van der Waals surface area contributed by atoms with E-state index in [1.165, 1.54) is 27.1 Å². The molecule has 3 aliphatic heterocycles. The van der Waals surface area contributed by atoms with Crippen LogP contribution in [0.4, 0.5) is 5.69 Å². The van der Waals surface area contributed by atoms with Crippen molar-refractivity contribution in [2.75, 3.05) is 5.75 Å². The van der Waals surface area contributed by atoms with Gasteiger partial charge in [0, 0.05) is 34.1 Å². The molecule has 0 saturated carbocycles. The molecule has 1 aromatic rings. The van der Waals surface area contributed by atoms with E-state index in [9.17, 15) is 0 Å². The SMILES string of the molecule is C1=Nc2c3c(ccc2=C1)=NC1=C(C3)SCC1. The molecular formula is C13H10N2S. The van der Waals surface area contributed by atoms with Gasteiger partial charge in [-0.3, -0.25) is 9.98 Å². The second-order valence-corrected chi connectivity index (χ2v) is 5.39. The van der Waals surface area contributed by atoms with Crippen LogP contribution in [0.1, 0.15) is 12.0 Å². The zero-order chi connectivity index (χ0) is 10.5. The summed E-state index contributed by atoms with van der Waals surface area (Å²) in [5, 5.41) is 2.37. The van der Waals surface area contributed by atoms with Gasteiger partial charge in [0.15, 0.2) is 0 Å². The highest BCUT2D eigenvalue weighted by Crippen LogP contribution is 2.36. The molecule has 0 fully saturated rings. The van der Waals surface area contributed by atoms with Gasteiger partial charge in [0.1, 0.15) is 0 Å². The van der Waals surface area contributed by atoms with Crippen molar-refractivity contribution in [1.82, 2.24) is 0 Å². The van der Waals surface area contributed by atoms with Crippen LogP contribution in [-0.2, 0) is 6.42 Å². The highest BCUT2D eigenvalue weighted by atomic mass is 32.2. The number of aliphatic imine (C=N–C) groups is 1. The Bertz CT molecular complexity index is 668. The Morgan fingerprint density at radius 2 is 2.25 bits per heavy atom. The highest BCUT2D eigenvalue weighted by Gasteiger charge is 2.21. The quantitative estimate of drug-likeness (QED) is 0.661.